The Labute approximate surface area is 94.8 Å². The van der Waals surface area contributed by atoms with Crippen molar-refractivity contribution in [3.63, 3.8) is 0 Å². The molecule has 2 heteroatoms. The van der Waals surface area contributed by atoms with Crippen LogP contribution in [0.2, 0.25) is 0 Å². The Morgan fingerprint density at radius 3 is 2.13 bits per heavy atom. The summed E-state index contributed by atoms with van der Waals surface area (Å²) in [4.78, 5) is 0. The average molecular weight is 213 g/mol. The molecule has 0 radical (unpaired) electrons. The van der Waals surface area contributed by atoms with Crippen molar-refractivity contribution in [2.45, 2.75) is 70.4 Å². The largest absolute Gasteiger partial charge is 0.377 e. The molecular weight excluding hydrogens is 186 g/mol. The van der Waals surface area contributed by atoms with E-state index in [-0.39, 0.29) is 5.60 Å². The molecule has 0 spiro atoms. The van der Waals surface area contributed by atoms with Gasteiger partial charge in [0.1, 0.15) is 0 Å². The van der Waals surface area contributed by atoms with Crippen LogP contribution in [0.25, 0.3) is 0 Å². The van der Waals surface area contributed by atoms with Gasteiger partial charge in [-0.1, -0.05) is 32.1 Å². The fourth-order valence-corrected chi connectivity index (χ4v) is 2.12. The van der Waals surface area contributed by atoms with Gasteiger partial charge in [0.25, 0.3) is 0 Å². The van der Waals surface area contributed by atoms with E-state index in [0.29, 0.717) is 0 Å². The standard InChI is InChI=1S/C13H27NO/c1-13(2,15-3)11-14-12-9-7-5-4-6-8-10-12/h12,14H,4-11H2,1-3H3. The van der Waals surface area contributed by atoms with Gasteiger partial charge in [-0.3, -0.25) is 0 Å². The topological polar surface area (TPSA) is 21.3 Å². The number of methoxy groups -OCH3 is 1. The van der Waals surface area contributed by atoms with Gasteiger partial charge in [-0.25, -0.2) is 0 Å². The van der Waals surface area contributed by atoms with Crippen molar-refractivity contribution < 1.29 is 4.74 Å². The van der Waals surface area contributed by atoms with Gasteiger partial charge in [0.05, 0.1) is 5.60 Å². The normalized spacial score (nSPS) is 21.0. The van der Waals surface area contributed by atoms with Crippen molar-refractivity contribution in [3.05, 3.63) is 0 Å². The molecule has 0 atom stereocenters. The summed E-state index contributed by atoms with van der Waals surface area (Å²) in [7, 11) is 1.79. The highest BCUT2D eigenvalue weighted by molar-refractivity contribution is 4.76. The Bertz CT molecular complexity index is 160. The molecule has 2 nitrogen and oxygen atoms in total. The zero-order valence-electron chi connectivity index (χ0n) is 10.6. The lowest BCUT2D eigenvalue weighted by atomic mass is 9.96. The molecule has 1 rings (SSSR count). The van der Waals surface area contributed by atoms with E-state index in [1.165, 1.54) is 44.9 Å². The summed E-state index contributed by atoms with van der Waals surface area (Å²) in [6.45, 7) is 5.25. The predicted molar refractivity (Wildman–Crippen MR) is 65.2 cm³/mol. The molecule has 90 valence electrons. The van der Waals surface area contributed by atoms with Crippen molar-refractivity contribution in [1.29, 1.82) is 0 Å². The van der Waals surface area contributed by atoms with Gasteiger partial charge < -0.3 is 10.1 Å². The van der Waals surface area contributed by atoms with E-state index < -0.39 is 0 Å². The molecule has 1 N–H and O–H groups in total. The second-order valence-corrected chi connectivity index (χ2v) is 5.39. The monoisotopic (exact) mass is 213 g/mol. The minimum Gasteiger partial charge on any atom is -0.377 e. The van der Waals surface area contributed by atoms with Crippen LogP contribution in [0.15, 0.2) is 0 Å². The molecule has 0 aromatic rings. The number of ether oxygens (including phenoxy) is 1. The summed E-state index contributed by atoms with van der Waals surface area (Å²) >= 11 is 0. The van der Waals surface area contributed by atoms with E-state index >= 15 is 0 Å². The fourth-order valence-electron chi connectivity index (χ4n) is 2.12. The van der Waals surface area contributed by atoms with Gasteiger partial charge in [-0.2, -0.15) is 0 Å². The third kappa shape index (κ3) is 5.53. The number of nitrogens with one attached hydrogen (secondary N) is 1. The van der Waals surface area contributed by atoms with Crippen LogP contribution in [-0.4, -0.2) is 25.3 Å². The second-order valence-electron chi connectivity index (χ2n) is 5.39. The lowest BCUT2D eigenvalue weighted by Gasteiger charge is -2.28. The van der Waals surface area contributed by atoms with Crippen molar-refractivity contribution in [2.75, 3.05) is 13.7 Å². The number of hydrogen-bond donors (Lipinski definition) is 1. The van der Waals surface area contributed by atoms with Crippen LogP contribution in [0.4, 0.5) is 0 Å². The minimum atomic E-state index is -0.0254. The Kier molecular flexibility index (Phi) is 5.62. The highest BCUT2D eigenvalue weighted by atomic mass is 16.5. The molecule has 0 aromatic carbocycles. The first kappa shape index (κ1) is 13.0. The van der Waals surface area contributed by atoms with E-state index in [2.05, 4.69) is 19.2 Å². The Balaban J connectivity index is 2.23. The predicted octanol–water partition coefficient (Wildman–Crippen LogP) is 3.11. The average Bonchev–Trinajstić information content (AvgIpc) is 2.16. The van der Waals surface area contributed by atoms with Crippen molar-refractivity contribution in [3.8, 4) is 0 Å². The van der Waals surface area contributed by atoms with Gasteiger partial charge in [0.15, 0.2) is 0 Å². The van der Waals surface area contributed by atoms with E-state index in [1.54, 1.807) is 7.11 Å². The Morgan fingerprint density at radius 2 is 1.60 bits per heavy atom. The van der Waals surface area contributed by atoms with Crippen LogP contribution in [0.3, 0.4) is 0 Å². The smallest absolute Gasteiger partial charge is 0.0746 e. The van der Waals surface area contributed by atoms with Crippen molar-refractivity contribution in [2.24, 2.45) is 0 Å². The number of hydrogen-bond acceptors (Lipinski definition) is 2. The quantitative estimate of drug-likeness (QED) is 0.774. The molecule has 0 aromatic heterocycles. The lowest BCUT2D eigenvalue weighted by Crippen LogP contribution is -2.42. The third-order valence-corrected chi connectivity index (χ3v) is 3.47. The second kappa shape index (κ2) is 6.49. The first-order valence-electron chi connectivity index (χ1n) is 6.42. The maximum atomic E-state index is 5.42. The molecule has 0 bridgehead atoms. The number of rotatable bonds is 4. The van der Waals surface area contributed by atoms with Gasteiger partial charge in [-0.05, 0) is 26.7 Å². The molecule has 0 amide bonds. The molecule has 1 aliphatic carbocycles. The highest BCUT2D eigenvalue weighted by Crippen LogP contribution is 2.17. The SMILES string of the molecule is COC(C)(C)CNC1CCCCCCC1. The minimum absolute atomic E-state index is 0.0254. The van der Waals surface area contributed by atoms with Gasteiger partial charge in [-0.15, -0.1) is 0 Å². The molecule has 0 heterocycles. The summed E-state index contributed by atoms with van der Waals surface area (Å²) in [5.74, 6) is 0. The zero-order chi connectivity index (χ0) is 11.1. The fraction of sp³-hybridized carbons (Fsp3) is 1.00. The van der Waals surface area contributed by atoms with E-state index in [9.17, 15) is 0 Å². The van der Waals surface area contributed by atoms with Gasteiger partial charge in [0, 0.05) is 19.7 Å². The van der Waals surface area contributed by atoms with Gasteiger partial charge in [0.2, 0.25) is 0 Å². The lowest BCUT2D eigenvalue weighted by molar-refractivity contribution is 0.0203. The van der Waals surface area contributed by atoms with E-state index in [0.717, 1.165) is 12.6 Å². The van der Waals surface area contributed by atoms with E-state index in [4.69, 9.17) is 4.74 Å². The molecule has 1 fully saturated rings. The molecule has 0 aliphatic heterocycles. The summed E-state index contributed by atoms with van der Waals surface area (Å²) < 4.78 is 5.42. The Hall–Kier alpha value is -0.0800. The van der Waals surface area contributed by atoms with Gasteiger partial charge >= 0.3 is 0 Å². The van der Waals surface area contributed by atoms with Crippen LogP contribution >= 0.6 is 0 Å². The summed E-state index contributed by atoms with van der Waals surface area (Å²) in [5, 5.41) is 3.66. The maximum Gasteiger partial charge on any atom is 0.0746 e. The molecule has 1 saturated carbocycles. The van der Waals surface area contributed by atoms with Crippen LogP contribution in [-0.2, 0) is 4.74 Å². The molecule has 0 unspecified atom stereocenters. The van der Waals surface area contributed by atoms with Crippen LogP contribution in [0, 0.1) is 0 Å². The van der Waals surface area contributed by atoms with Crippen LogP contribution < -0.4 is 5.32 Å². The van der Waals surface area contributed by atoms with Crippen molar-refractivity contribution >= 4 is 0 Å². The molecular formula is C13H27NO. The first-order chi connectivity index (χ1) is 7.14. The zero-order valence-corrected chi connectivity index (χ0v) is 10.6. The third-order valence-electron chi connectivity index (χ3n) is 3.47. The first-order valence-corrected chi connectivity index (χ1v) is 6.42. The Morgan fingerprint density at radius 1 is 1.07 bits per heavy atom. The maximum absolute atomic E-state index is 5.42. The summed E-state index contributed by atoms with van der Waals surface area (Å²) in [6, 6.07) is 0.722. The van der Waals surface area contributed by atoms with Crippen molar-refractivity contribution in [1.82, 2.24) is 5.32 Å². The summed E-state index contributed by atoms with van der Waals surface area (Å²) in [6.07, 6.45) is 9.77. The highest BCUT2D eigenvalue weighted by Gasteiger charge is 2.18. The van der Waals surface area contributed by atoms with E-state index in [1.807, 2.05) is 0 Å². The van der Waals surface area contributed by atoms with Crippen LogP contribution in [0.5, 0.6) is 0 Å². The summed E-state index contributed by atoms with van der Waals surface area (Å²) in [5.41, 5.74) is -0.0254. The molecule has 0 saturated heterocycles. The van der Waals surface area contributed by atoms with Crippen LogP contribution in [0.1, 0.15) is 58.8 Å². The molecule has 15 heavy (non-hydrogen) atoms. The molecule has 1 aliphatic rings.